The van der Waals surface area contributed by atoms with E-state index in [9.17, 15) is 0 Å². The molecule has 1 heterocycles. The number of hydrogen-bond acceptors (Lipinski definition) is 2. The van der Waals surface area contributed by atoms with Gasteiger partial charge in [0.05, 0.1) is 0 Å². The number of halogens is 1. The zero-order chi connectivity index (χ0) is 9.14. The minimum absolute atomic E-state index is 0.366. The molecule has 1 aromatic heterocycles. The predicted molar refractivity (Wildman–Crippen MR) is 53.6 cm³/mol. The average Bonchev–Trinajstić information content (AvgIpc) is 2.04. The lowest BCUT2D eigenvalue weighted by molar-refractivity contribution is 0.699. The molecule has 12 heavy (non-hydrogen) atoms. The van der Waals surface area contributed by atoms with E-state index in [1.165, 1.54) is 0 Å². The summed E-state index contributed by atoms with van der Waals surface area (Å²) in [5.74, 6) is 1.27. The van der Waals surface area contributed by atoms with Crippen molar-refractivity contribution in [1.82, 2.24) is 9.97 Å². The van der Waals surface area contributed by atoms with Crippen molar-refractivity contribution in [3.8, 4) is 0 Å². The van der Waals surface area contributed by atoms with Gasteiger partial charge in [-0.1, -0.05) is 29.8 Å². The van der Waals surface area contributed by atoms with E-state index in [4.69, 9.17) is 0 Å². The molecule has 66 valence electrons. The molecule has 0 N–H and O–H groups in total. The highest BCUT2D eigenvalue weighted by Crippen LogP contribution is 2.20. The van der Waals surface area contributed by atoms with Gasteiger partial charge in [0.25, 0.3) is 0 Å². The number of aryl methyl sites for hydroxylation is 1. The molecule has 0 saturated heterocycles. The zero-order valence-electron chi connectivity index (χ0n) is 7.58. The molecule has 2 unspecified atom stereocenters. The van der Waals surface area contributed by atoms with Gasteiger partial charge in [-0.3, -0.25) is 0 Å². The summed E-state index contributed by atoms with van der Waals surface area (Å²) < 4.78 is 0. The molecule has 3 heteroatoms. The van der Waals surface area contributed by atoms with E-state index >= 15 is 0 Å². The Labute approximate surface area is 81.6 Å². The smallest absolute Gasteiger partial charge is 0.132 e. The molecule has 0 spiro atoms. The summed E-state index contributed by atoms with van der Waals surface area (Å²) in [6, 6.07) is 0. The molecule has 2 atom stereocenters. The summed E-state index contributed by atoms with van der Waals surface area (Å²) in [6.45, 7) is 6.21. The van der Waals surface area contributed by atoms with Crippen molar-refractivity contribution in [2.75, 3.05) is 0 Å². The van der Waals surface area contributed by atoms with Crippen LogP contribution in [0.1, 0.15) is 31.2 Å². The van der Waals surface area contributed by atoms with Crippen molar-refractivity contribution < 1.29 is 0 Å². The normalized spacial score (nSPS) is 15.7. The highest BCUT2D eigenvalue weighted by molar-refractivity contribution is 9.09. The fourth-order valence-corrected chi connectivity index (χ4v) is 1.08. The zero-order valence-corrected chi connectivity index (χ0v) is 9.17. The third-order valence-corrected chi connectivity index (χ3v) is 2.69. The van der Waals surface area contributed by atoms with Crippen molar-refractivity contribution in [2.45, 2.75) is 31.5 Å². The third kappa shape index (κ3) is 2.27. The van der Waals surface area contributed by atoms with E-state index < -0.39 is 0 Å². The lowest BCUT2D eigenvalue weighted by Crippen LogP contribution is -2.08. The standard InChI is InChI=1S/C9H13BrN2/c1-6-4-11-9(12-5-6)7(2)8(3)10/h4-5,7-8H,1-3H3. The molecule has 0 bridgehead atoms. The quantitative estimate of drug-likeness (QED) is 0.728. The molecule has 0 radical (unpaired) electrons. The summed E-state index contributed by atoms with van der Waals surface area (Å²) >= 11 is 3.51. The van der Waals surface area contributed by atoms with Crippen LogP contribution in [-0.2, 0) is 0 Å². The second-order valence-electron chi connectivity index (χ2n) is 3.08. The summed E-state index contributed by atoms with van der Waals surface area (Å²) in [7, 11) is 0. The maximum absolute atomic E-state index is 4.26. The van der Waals surface area contributed by atoms with Crippen molar-refractivity contribution >= 4 is 15.9 Å². The van der Waals surface area contributed by atoms with Gasteiger partial charge in [0.2, 0.25) is 0 Å². The molecule has 0 amide bonds. The number of aromatic nitrogens is 2. The van der Waals surface area contributed by atoms with Gasteiger partial charge >= 0.3 is 0 Å². The average molecular weight is 229 g/mol. The first-order valence-electron chi connectivity index (χ1n) is 4.04. The Bertz CT molecular complexity index is 243. The monoisotopic (exact) mass is 228 g/mol. The SMILES string of the molecule is Cc1cnc(C(C)C(C)Br)nc1. The van der Waals surface area contributed by atoms with Crippen LogP contribution in [0.25, 0.3) is 0 Å². The van der Waals surface area contributed by atoms with Crippen LogP contribution >= 0.6 is 15.9 Å². The highest BCUT2D eigenvalue weighted by atomic mass is 79.9. The van der Waals surface area contributed by atoms with E-state index in [-0.39, 0.29) is 0 Å². The Balaban J connectivity index is 2.82. The van der Waals surface area contributed by atoms with E-state index in [0.717, 1.165) is 11.4 Å². The molecule has 1 rings (SSSR count). The fourth-order valence-electron chi connectivity index (χ4n) is 0.843. The first-order chi connectivity index (χ1) is 5.61. The van der Waals surface area contributed by atoms with Gasteiger partial charge in [-0.15, -0.1) is 0 Å². The molecular formula is C9H13BrN2. The van der Waals surface area contributed by atoms with E-state index in [0.29, 0.717) is 10.7 Å². The van der Waals surface area contributed by atoms with Gasteiger partial charge in [-0.2, -0.15) is 0 Å². The Morgan fingerprint density at radius 1 is 1.25 bits per heavy atom. The Morgan fingerprint density at radius 3 is 2.17 bits per heavy atom. The first-order valence-corrected chi connectivity index (χ1v) is 4.95. The van der Waals surface area contributed by atoms with Crippen molar-refractivity contribution in [3.63, 3.8) is 0 Å². The second kappa shape index (κ2) is 3.99. The summed E-state index contributed by atoms with van der Waals surface area (Å²) in [6.07, 6.45) is 3.71. The Kier molecular flexibility index (Phi) is 3.20. The van der Waals surface area contributed by atoms with Crippen LogP contribution in [-0.4, -0.2) is 14.8 Å². The van der Waals surface area contributed by atoms with Gasteiger partial charge in [0, 0.05) is 23.1 Å². The van der Waals surface area contributed by atoms with Crippen LogP contribution < -0.4 is 0 Å². The highest BCUT2D eigenvalue weighted by Gasteiger charge is 2.13. The third-order valence-electron chi connectivity index (χ3n) is 1.90. The van der Waals surface area contributed by atoms with Crippen molar-refractivity contribution in [3.05, 3.63) is 23.8 Å². The van der Waals surface area contributed by atoms with Gasteiger partial charge in [-0.05, 0) is 12.5 Å². The van der Waals surface area contributed by atoms with E-state index in [1.54, 1.807) is 0 Å². The first kappa shape index (κ1) is 9.65. The predicted octanol–water partition coefficient (Wildman–Crippen LogP) is 2.67. The van der Waals surface area contributed by atoms with Gasteiger partial charge in [0.15, 0.2) is 0 Å². The topological polar surface area (TPSA) is 25.8 Å². The van der Waals surface area contributed by atoms with E-state index in [1.807, 2.05) is 19.3 Å². The van der Waals surface area contributed by atoms with Crippen LogP contribution in [0, 0.1) is 6.92 Å². The molecule has 0 fully saturated rings. The lowest BCUT2D eigenvalue weighted by atomic mass is 10.1. The summed E-state index contributed by atoms with van der Waals surface area (Å²) in [4.78, 5) is 8.93. The molecule has 0 saturated carbocycles. The number of rotatable bonds is 2. The summed E-state index contributed by atoms with van der Waals surface area (Å²) in [5, 5.41) is 0. The maximum Gasteiger partial charge on any atom is 0.132 e. The number of alkyl halides is 1. The minimum Gasteiger partial charge on any atom is -0.241 e. The molecule has 0 aliphatic carbocycles. The second-order valence-corrected chi connectivity index (χ2v) is 4.53. The largest absolute Gasteiger partial charge is 0.241 e. The van der Waals surface area contributed by atoms with E-state index in [2.05, 4.69) is 39.7 Å². The molecule has 0 aliphatic rings. The number of hydrogen-bond donors (Lipinski definition) is 0. The van der Waals surface area contributed by atoms with Crippen LogP contribution in [0.5, 0.6) is 0 Å². The van der Waals surface area contributed by atoms with Gasteiger partial charge in [-0.25, -0.2) is 9.97 Å². The van der Waals surface area contributed by atoms with Crippen molar-refractivity contribution in [2.24, 2.45) is 0 Å². The van der Waals surface area contributed by atoms with Crippen LogP contribution in [0.2, 0.25) is 0 Å². The Morgan fingerprint density at radius 2 is 1.75 bits per heavy atom. The molecule has 0 aliphatic heterocycles. The molecule has 2 nitrogen and oxygen atoms in total. The Hall–Kier alpha value is -0.440. The van der Waals surface area contributed by atoms with Gasteiger partial charge < -0.3 is 0 Å². The van der Waals surface area contributed by atoms with Crippen molar-refractivity contribution in [1.29, 1.82) is 0 Å². The number of nitrogens with zero attached hydrogens (tertiary/aromatic N) is 2. The molecule has 0 aromatic carbocycles. The van der Waals surface area contributed by atoms with Gasteiger partial charge in [0.1, 0.15) is 5.82 Å². The fraction of sp³-hybridized carbons (Fsp3) is 0.556. The van der Waals surface area contributed by atoms with Crippen LogP contribution in [0.3, 0.4) is 0 Å². The maximum atomic E-state index is 4.26. The molecule has 1 aromatic rings. The summed E-state index contributed by atoms with van der Waals surface area (Å²) in [5.41, 5.74) is 1.10. The van der Waals surface area contributed by atoms with Crippen LogP contribution in [0.15, 0.2) is 12.4 Å². The lowest BCUT2D eigenvalue weighted by Gasteiger charge is -2.11. The van der Waals surface area contributed by atoms with Crippen LogP contribution in [0.4, 0.5) is 0 Å². The molecular weight excluding hydrogens is 216 g/mol. The minimum atomic E-state index is 0.366.